The van der Waals surface area contributed by atoms with Crippen LogP contribution in [0.4, 0.5) is 4.39 Å². The van der Waals surface area contributed by atoms with Crippen molar-refractivity contribution in [3.05, 3.63) is 24.3 Å². The van der Waals surface area contributed by atoms with Crippen LogP contribution in [0.15, 0.2) is 18.6 Å². The van der Waals surface area contributed by atoms with Gasteiger partial charge in [-0.15, -0.1) is 0 Å². The van der Waals surface area contributed by atoms with Crippen LogP contribution in [0, 0.1) is 0 Å². The average Bonchev–Trinajstić information content (AvgIpc) is 2.17. The zero-order valence-corrected chi connectivity index (χ0v) is 7.28. The topological polar surface area (TPSA) is 37.8 Å². The molecular weight excluding hydrogens is 169 g/mol. The monoisotopic (exact) mass is 181 g/mol. The molecule has 4 heteroatoms. The molecule has 2 atom stereocenters. The average molecular weight is 181 g/mol. The van der Waals surface area contributed by atoms with E-state index in [1.165, 1.54) is 0 Å². The summed E-state index contributed by atoms with van der Waals surface area (Å²) >= 11 is 0. The van der Waals surface area contributed by atoms with E-state index in [2.05, 4.69) is 15.3 Å². The third-order valence-electron chi connectivity index (χ3n) is 2.35. The largest absolute Gasteiger partial charge is 0.305 e. The van der Waals surface area contributed by atoms with Crippen molar-refractivity contribution in [2.24, 2.45) is 0 Å². The van der Waals surface area contributed by atoms with E-state index in [4.69, 9.17) is 0 Å². The zero-order chi connectivity index (χ0) is 9.10. The van der Waals surface area contributed by atoms with E-state index in [-0.39, 0.29) is 6.04 Å². The summed E-state index contributed by atoms with van der Waals surface area (Å²) in [5.74, 6) is 0. The first kappa shape index (κ1) is 8.56. The molecule has 1 fully saturated rings. The van der Waals surface area contributed by atoms with E-state index in [1.54, 1.807) is 18.6 Å². The standard InChI is InChI=1S/C9H12FN3/c10-8-1-2-9(8)13-6-7-5-11-3-4-12-7/h3-5,8-9,13H,1-2,6H2. The Labute approximate surface area is 76.4 Å². The lowest BCUT2D eigenvalue weighted by Gasteiger charge is -2.31. The fraction of sp³-hybridized carbons (Fsp3) is 0.556. The van der Waals surface area contributed by atoms with Gasteiger partial charge in [0.15, 0.2) is 0 Å². The van der Waals surface area contributed by atoms with Crippen molar-refractivity contribution in [2.75, 3.05) is 0 Å². The Bertz CT molecular complexity index is 265. The Balaban J connectivity index is 1.80. The van der Waals surface area contributed by atoms with Gasteiger partial charge in [-0.05, 0) is 12.8 Å². The van der Waals surface area contributed by atoms with Crippen molar-refractivity contribution in [3.63, 3.8) is 0 Å². The molecular formula is C9H12FN3. The summed E-state index contributed by atoms with van der Waals surface area (Å²) in [6.45, 7) is 0.610. The third-order valence-corrected chi connectivity index (χ3v) is 2.35. The highest BCUT2D eigenvalue weighted by molar-refractivity contribution is 4.96. The molecule has 0 aromatic carbocycles. The molecule has 1 aliphatic rings. The molecule has 0 bridgehead atoms. The van der Waals surface area contributed by atoms with Gasteiger partial charge in [-0.1, -0.05) is 0 Å². The van der Waals surface area contributed by atoms with Crippen molar-refractivity contribution in [2.45, 2.75) is 31.6 Å². The summed E-state index contributed by atoms with van der Waals surface area (Å²) in [6, 6.07) is 0.0296. The fourth-order valence-electron chi connectivity index (χ4n) is 1.35. The first-order valence-corrected chi connectivity index (χ1v) is 4.48. The molecule has 1 heterocycles. The summed E-state index contributed by atoms with van der Waals surface area (Å²) in [5.41, 5.74) is 0.863. The SMILES string of the molecule is FC1CCC1NCc1cnccn1. The number of halogens is 1. The molecule has 3 nitrogen and oxygen atoms in total. The lowest BCUT2D eigenvalue weighted by molar-refractivity contribution is 0.141. The Hall–Kier alpha value is -1.03. The van der Waals surface area contributed by atoms with Crippen molar-refractivity contribution in [3.8, 4) is 0 Å². The van der Waals surface area contributed by atoms with E-state index >= 15 is 0 Å². The molecule has 13 heavy (non-hydrogen) atoms. The Kier molecular flexibility index (Phi) is 2.49. The van der Waals surface area contributed by atoms with E-state index in [0.717, 1.165) is 12.1 Å². The van der Waals surface area contributed by atoms with E-state index in [9.17, 15) is 4.39 Å². The van der Waals surface area contributed by atoms with Gasteiger partial charge in [0.1, 0.15) is 6.17 Å². The summed E-state index contributed by atoms with van der Waals surface area (Å²) in [4.78, 5) is 8.02. The lowest BCUT2D eigenvalue weighted by atomic mass is 9.90. The molecule has 2 unspecified atom stereocenters. The number of nitrogens with one attached hydrogen (secondary N) is 1. The van der Waals surface area contributed by atoms with Gasteiger partial charge in [-0.2, -0.15) is 0 Å². The lowest BCUT2D eigenvalue weighted by Crippen LogP contribution is -2.45. The molecule has 0 spiro atoms. The number of nitrogens with zero attached hydrogens (tertiary/aromatic N) is 2. The van der Waals surface area contributed by atoms with Crippen LogP contribution in [-0.2, 0) is 6.54 Å². The van der Waals surface area contributed by atoms with Gasteiger partial charge in [-0.3, -0.25) is 9.97 Å². The highest BCUT2D eigenvalue weighted by Gasteiger charge is 2.29. The summed E-state index contributed by atoms with van der Waals surface area (Å²) < 4.78 is 12.8. The minimum absolute atomic E-state index is 0.0296. The predicted molar refractivity (Wildman–Crippen MR) is 46.8 cm³/mol. The highest BCUT2D eigenvalue weighted by atomic mass is 19.1. The highest BCUT2D eigenvalue weighted by Crippen LogP contribution is 2.23. The van der Waals surface area contributed by atoms with Crippen molar-refractivity contribution >= 4 is 0 Å². The second-order valence-corrected chi connectivity index (χ2v) is 3.28. The maximum Gasteiger partial charge on any atom is 0.115 e. The van der Waals surface area contributed by atoms with Crippen LogP contribution in [0.1, 0.15) is 18.5 Å². The molecule has 0 saturated heterocycles. The molecule has 1 aromatic heterocycles. The van der Waals surface area contributed by atoms with Crippen LogP contribution in [0.3, 0.4) is 0 Å². The maximum atomic E-state index is 12.8. The summed E-state index contributed by atoms with van der Waals surface area (Å²) in [7, 11) is 0. The van der Waals surface area contributed by atoms with E-state index in [0.29, 0.717) is 13.0 Å². The molecule has 1 aliphatic carbocycles. The molecule has 0 radical (unpaired) electrons. The van der Waals surface area contributed by atoms with Gasteiger partial charge in [0.05, 0.1) is 5.69 Å². The van der Waals surface area contributed by atoms with Crippen LogP contribution < -0.4 is 5.32 Å². The maximum absolute atomic E-state index is 12.8. The Morgan fingerprint density at radius 2 is 2.38 bits per heavy atom. The Morgan fingerprint density at radius 3 is 2.92 bits per heavy atom. The van der Waals surface area contributed by atoms with Crippen LogP contribution >= 0.6 is 0 Å². The van der Waals surface area contributed by atoms with Crippen LogP contribution in [-0.4, -0.2) is 22.2 Å². The van der Waals surface area contributed by atoms with Gasteiger partial charge in [0.2, 0.25) is 0 Å². The van der Waals surface area contributed by atoms with Gasteiger partial charge < -0.3 is 5.32 Å². The molecule has 0 aliphatic heterocycles. The van der Waals surface area contributed by atoms with Crippen LogP contribution in [0.5, 0.6) is 0 Å². The smallest absolute Gasteiger partial charge is 0.115 e. The minimum Gasteiger partial charge on any atom is -0.305 e. The first-order valence-electron chi connectivity index (χ1n) is 4.48. The van der Waals surface area contributed by atoms with Crippen LogP contribution in [0.25, 0.3) is 0 Å². The second-order valence-electron chi connectivity index (χ2n) is 3.28. The minimum atomic E-state index is -0.670. The number of hydrogen-bond donors (Lipinski definition) is 1. The molecule has 2 rings (SSSR count). The number of rotatable bonds is 3. The molecule has 1 saturated carbocycles. The number of hydrogen-bond acceptors (Lipinski definition) is 3. The van der Waals surface area contributed by atoms with Crippen molar-refractivity contribution in [1.29, 1.82) is 0 Å². The van der Waals surface area contributed by atoms with E-state index < -0.39 is 6.17 Å². The molecule has 70 valence electrons. The zero-order valence-electron chi connectivity index (χ0n) is 7.28. The second kappa shape index (κ2) is 3.79. The number of alkyl halides is 1. The molecule has 0 amide bonds. The Morgan fingerprint density at radius 1 is 1.46 bits per heavy atom. The van der Waals surface area contributed by atoms with Gasteiger partial charge in [0.25, 0.3) is 0 Å². The third kappa shape index (κ3) is 2.01. The normalized spacial score (nSPS) is 26.8. The molecule has 1 N–H and O–H groups in total. The number of aromatic nitrogens is 2. The van der Waals surface area contributed by atoms with Gasteiger partial charge >= 0.3 is 0 Å². The van der Waals surface area contributed by atoms with Crippen LogP contribution in [0.2, 0.25) is 0 Å². The van der Waals surface area contributed by atoms with Gasteiger partial charge in [-0.25, -0.2) is 4.39 Å². The fourth-order valence-corrected chi connectivity index (χ4v) is 1.35. The quantitative estimate of drug-likeness (QED) is 0.757. The first-order chi connectivity index (χ1) is 6.36. The van der Waals surface area contributed by atoms with Crippen molar-refractivity contribution in [1.82, 2.24) is 15.3 Å². The molecule has 1 aromatic rings. The van der Waals surface area contributed by atoms with Gasteiger partial charge in [0, 0.05) is 31.2 Å². The summed E-state index contributed by atoms with van der Waals surface area (Å²) in [5, 5.41) is 3.11. The van der Waals surface area contributed by atoms with E-state index in [1.807, 2.05) is 0 Å². The predicted octanol–water partition coefficient (Wildman–Crippen LogP) is 1.07. The summed E-state index contributed by atoms with van der Waals surface area (Å²) in [6.07, 6.45) is 5.92. The van der Waals surface area contributed by atoms with Crippen molar-refractivity contribution < 1.29 is 4.39 Å².